The van der Waals surface area contributed by atoms with E-state index in [9.17, 15) is 4.79 Å². The molecule has 0 amide bonds. The molecule has 0 unspecified atom stereocenters. The molecule has 2 aromatic heterocycles. The van der Waals surface area contributed by atoms with Gasteiger partial charge in [-0.2, -0.15) is 16.4 Å². The molecule has 0 aliphatic heterocycles. The van der Waals surface area contributed by atoms with Gasteiger partial charge < -0.3 is 0 Å². The fourth-order valence-electron chi connectivity index (χ4n) is 1.64. The monoisotopic (exact) mass is 248 g/mol. The van der Waals surface area contributed by atoms with Crippen molar-refractivity contribution in [1.82, 2.24) is 9.78 Å². The third-order valence-electron chi connectivity index (χ3n) is 2.55. The van der Waals surface area contributed by atoms with E-state index in [0.29, 0.717) is 18.9 Å². The lowest BCUT2D eigenvalue weighted by Gasteiger charge is -2.03. The van der Waals surface area contributed by atoms with Gasteiger partial charge in [0.2, 0.25) is 0 Å². The summed E-state index contributed by atoms with van der Waals surface area (Å²) in [5, 5.41) is 8.39. The number of carbonyl (C=O) groups is 1. The zero-order valence-electron chi connectivity index (χ0n) is 10.1. The van der Waals surface area contributed by atoms with Gasteiger partial charge in [0.25, 0.3) is 0 Å². The molecule has 2 heterocycles. The normalized spacial score (nSPS) is 11.0. The van der Waals surface area contributed by atoms with Crippen LogP contribution in [0.15, 0.2) is 29.1 Å². The van der Waals surface area contributed by atoms with E-state index >= 15 is 0 Å². The fourth-order valence-corrected chi connectivity index (χ4v) is 2.31. The maximum absolute atomic E-state index is 11.8. The third kappa shape index (κ3) is 3.27. The maximum atomic E-state index is 11.8. The molecule has 0 aliphatic rings. The van der Waals surface area contributed by atoms with Crippen LogP contribution in [0.5, 0.6) is 0 Å². The molecule has 0 fully saturated rings. The van der Waals surface area contributed by atoms with Gasteiger partial charge in [-0.15, -0.1) is 0 Å². The highest BCUT2D eigenvalue weighted by Crippen LogP contribution is 2.09. The van der Waals surface area contributed by atoms with E-state index in [1.165, 1.54) is 0 Å². The molecule has 2 aromatic rings. The Morgan fingerprint density at radius 3 is 2.82 bits per heavy atom. The Morgan fingerprint density at radius 2 is 2.24 bits per heavy atom. The summed E-state index contributed by atoms with van der Waals surface area (Å²) in [5.41, 5.74) is 1.96. The second kappa shape index (κ2) is 5.27. The fraction of sp³-hybridized carbons (Fsp3) is 0.385. The van der Waals surface area contributed by atoms with Crippen molar-refractivity contribution in [3.05, 3.63) is 40.3 Å². The van der Waals surface area contributed by atoms with Gasteiger partial charge in [-0.3, -0.25) is 9.48 Å². The van der Waals surface area contributed by atoms with Gasteiger partial charge >= 0.3 is 0 Å². The Bertz CT molecular complexity index is 485. The molecule has 0 spiro atoms. The second-order valence-electron chi connectivity index (χ2n) is 4.40. The summed E-state index contributed by atoms with van der Waals surface area (Å²) in [4.78, 5) is 11.8. The zero-order valence-corrected chi connectivity index (χ0v) is 10.9. The first-order valence-corrected chi connectivity index (χ1v) is 6.66. The lowest BCUT2D eigenvalue weighted by Crippen LogP contribution is -2.08. The Balaban J connectivity index is 1.93. The highest BCUT2D eigenvalue weighted by atomic mass is 32.1. The van der Waals surface area contributed by atoms with Crippen LogP contribution in [0.4, 0.5) is 0 Å². The van der Waals surface area contributed by atoms with Crippen molar-refractivity contribution in [2.45, 2.75) is 32.7 Å². The molecular weight excluding hydrogens is 232 g/mol. The first kappa shape index (κ1) is 12.0. The van der Waals surface area contributed by atoms with E-state index in [1.54, 1.807) is 11.3 Å². The quantitative estimate of drug-likeness (QED) is 0.815. The Labute approximate surface area is 105 Å². The Kier molecular flexibility index (Phi) is 3.74. The van der Waals surface area contributed by atoms with Crippen LogP contribution < -0.4 is 0 Å². The predicted octanol–water partition coefficient (Wildman–Crippen LogP) is 2.88. The van der Waals surface area contributed by atoms with Crippen LogP contribution >= 0.6 is 11.3 Å². The molecule has 2 rings (SSSR count). The second-order valence-corrected chi connectivity index (χ2v) is 5.18. The van der Waals surface area contributed by atoms with Crippen LogP contribution in [0.1, 0.15) is 31.1 Å². The third-order valence-corrected chi connectivity index (χ3v) is 3.28. The van der Waals surface area contributed by atoms with Crippen molar-refractivity contribution in [2.75, 3.05) is 0 Å². The number of hydrogen-bond donors (Lipinski definition) is 0. The molecule has 0 aromatic carbocycles. The standard InChI is InChI=1S/C13H16N2OS/c1-10(2)15-5-3-12(14-15)8-13(16)7-11-4-6-17-9-11/h3-6,9-10H,7-8H2,1-2H3. The molecule has 17 heavy (non-hydrogen) atoms. The first-order chi connectivity index (χ1) is 8.15. The molecule has 0 N–H and O–H groups in total. The summed E-state index contributed by atoms with van der Waals surface area (Å²) < 4.78 is 1.88. The number of aromatic nitrogens is 2. The van der Waals surface area contributed by atoms with E-state index in [4.69, 9.17) is 0 Å². The summed E-state index contributed by atoms with van der Waals surface area (Å²) in [6, 6.07) is 4.26. The number of carbonyl (C=O) groups excluding carboxylic acids is 1. The summed E-state index contributed by atoms with van der Waals surface area (Å²) in [6.45, 7) is 4.15. The number of rotatable bonds is 5. The number of Topliss-reactive ketones (excluding diaryl/α,β-unsaturated/α-hetero) is 1. The smallest absolute Gasteiger partial charge is 0.143 e. The molecule has 3 nitrogen and oxygen atoms in total. The van der Waals surface area contributed by atoms with Crippen molar-refractivity contribution >= 4 is 17.1 Å². The van der Waals surface area contributed by atoms with Gasteiger partial charge in [-0.05, 0) is 42.3 Å². The van der Waals surface area contributed by atoms with Crippen LogP contribution in [0.3, 0.4) is 0 Å². The van der Waals surface area contributed by atoms with Gasteiger partial charge in [0, 0.05) is 18.7 Å². The molecule has 0 saturated heterocycles. The highest BCUT2D eigenvalue weighted by Gasteiger charge is 2.08. The van der Waals surface area contributed by atoms with Crippen molar-refractivity contribution in [3.8, 4) is 0 Å². The van der Waals surface area contributed by atoms with Crippen LogP contribution in [-0.4, -0.2) is 15.6 Å². The van der Waals surface area contributed by atoms with Crippen LogP contribution in [0.25, 0.3) is 0 Å². The lowest BCUT2D eigenvalue weighted by molar-refractivity contribution is -0.117. The minimum atomic E-state index is 0.220. The van der Waals surface area contributed by atoms with E-state index in [0.717, 1.165) is 11.3 Å². The molecular formula is C13H16N2OS. The lowest BCUT2D eigenvalue weighted by atomic mass is 10.1. The summed E-state index contributed by atoms with van der Waals surface area (Å²) in [6.07, 6.45) is 2.87. The number of thiophene rings is 1. The SMILES string of the molecule is CC(C)n1ccc(CC(=O)Cc2ccsc2)n1. The van der Waals surface area contributed by atoms with Crippen molar-refractivity contribution < 1.29 is 4.79 Å². The van der Waals surface area contributed by atoms with Gasteiger partial charge in [0.05, 0.1) is 12.1 Å². The van der Waals surface area contributed by atoms with Gasteiger partial charge in [-0.1, -0.05) is 0 Å². The number of ketones is 1. The predicted molar refractivity (Wildman–Crippen MR) is 69.3 cm³/mol. The largest absolute Gasteiger partial charge is 0.299 e. The maximum Gasteiger partial charge on any atom is 0.143 e. The van der Waals surface area contributed by atoms with E-state index < -0.39 is 0 Å². The van der Waals surface area contributed by atoms with Crippen molar-refractivity contribution in [3.63, 3.8) is 0 Å². The average Bonchev–Trinajstić information content (AvgIpc) is 2.88. The minimum absolute atomic E-state index is 0.220. The van der Waals surface area contributed by atoms with Crippen LogP contribution in [-0.2, 0) is 17.6 Å². The van der Waals surface area contributed by atoms with Gasteiger partial charge in [-0.25, -0.2) is 0 Å². The van der Waals surface area contributed by atoms with Gasteiger partial charge in [0.1, 0.15) is 5.78 Å². The molecule has 0 saturated carbocycles. The number of nitrogens with zero attached hydrogens (tertiary/aromatic N) is 2. The first-order valence-electron chi connectivity index (χ1n) is 5.72. The molecule has 0 aliphatic carbocycles. The molecule has 4 heteroatoms. The molecule has 90 valence electrons. The van der Waals surface area contributed by atoms with Gasteiger partial charge in [0.15, 0.2) is 0 Å². The van der Waals surface area contributed by atoms with Crippen molar-refractivity contribution in [1.29, 1.82) is 0 Å². The Hall–Kier alpha value is -1.42. The minimum Gasteiger partial charge on any atom is -0.299 e. The molecule has 0 radical (unpaired) electrons. The van der Waals surface area contributed by atoms with Crippen LogP contribution in [0, 0.1) is 0 Å². The van der Waals surface area contributed by atoms with Crippen molar-refractivity contribution in [2.24, 2.45) is 0 Å². The highest BCUT2D eigenvalue weighted by molar-refractivity contribution is 7.07. The summed E-state index contributed by atoms with van der Waals surface area (Å²) in [5.74, 6) is 0.220. The number of hydrogen-bond acceptors (Lipinski definition) is 3. The van der Waals surface area contributed by atoms with Crippen LogP contribution in [0.2, 0.25) is 0 Å². The molecule has 0 atom stereocenters. The Morgan fingerprint density at radius 1 is 1.41 bits per heavy atom. The van der Waals surface area contributed by atoms with E-state index in [-0.39, 0.29) is 5.78 Å². The van der Waals surface area contributed by atoms with E-state index in [1.807, 2.05) is 33.8 Å². The van der Waals surface area contributed by atoms with E-state index in [2.05, 4.69) is 18.9 Å². The summed E-state index contributed by atoms with van der Waals surface area (Å²) in [7, 11) is 0. The average molecular weight is 248 g/mol. The summed E-state index contributed by atoms with van der Waals surface area (Å²) >= 11 is 1.62. The zero-order chi connectivity index (χ0) is 12.3. The topological polar surface area (TPSA) is 34.9 Å². The molecule has 0 bridgehead atoms.